The summed E-state index contributed by atoms with van der Waals surface area (Å²) in [4.78, 5) is 2.17. The summed E-state index contributed by atoms with van der Waals surface area (Å²) in [5.41, 5.74) is 5.39. The molecule has 0 spiro atoms. The Labute approximate surface area is 94.8 Å². The molecule has 16 heavy (non-hydrogen) atoms. The Morgan fingerprint density at radius 3 is 2.75 bits per heavy atom. The summed E-state index contributed by atoms with van der Waals surface area (Å²) in [7, 11) is 0. The van der Waals surface area contributed by atoms with Crippen LogP contribution in [-0.4, -0.2) is 49.6 Å². The van der Waals surface area contributed by atoms with Gasteiger partial charge in [-0.3, -0.25) is 0 Å². The monoisotopic (exact) mass is 223 g/mol. The molecule has 0 aliphatic carbocycles. The number of nitrogens with zero attached hydrogens (tertiary/aromatic N) is 3. The van der Waals surface area contributed by atoms with Crippen molar-refractivity contribution in [2.75, 3.05) is 49.6 Å². The maximum absolute atomic E-state index is 5.39. The Bertz CT molecular complexity index is 309. The largest absolute Gasteiger partial charge is 0.378 e. The van der Waals surface area contributed by atoms with Crippen molar-refractivity contribution in [2.24, 2.45) is 5.73 Å². The Hall–Kier alpha value is -1.40. The number of morpholine rings is 1. The van der Waals surface area contributed by atoms with E-state index in [0.717, 1.165) is 37.9 Å². The molecule has 6 heteroatoms. The zero-order valence-electron chi connectivity index (χ0n) is 9.22. The first kappa shape index (κ1) is 11.1. The second-order valence-electron chi connectivity index (χ2n) is 3.59. The molecule has 2 heterocycles. The van der Waals surface area contributed by atoms with Crippen molar-refractivity contribution < 1.29 is 4.74 Å². The second kappa shape index (κ2) is 5.62. The van der Waals surface area contributed by atoms with Crippen LogP contribution in [0, 0.1) is 0 Å². The van der Waals surface area contributed by atoms with Gasteiger partial charge in [-0.15, -0.1) is 10.2 Å². The normalized spacial score (nSPS) is 16.2. The van der Waals surface area contributed by atoms with Crippen molar-refractivity contribution >= 4 is 11.6 Å². The average molecular weight is 223 g/mol. The van der Waals surface area contributed by atoms with Crippen LogP contribution in [0.25, 0.3) is 0 Å². The van der Waals surface area contributed by atoms with Gasteiger partial charge in [0.25, 0.3) is 0 Å². The topological polar surface area (TPSA) is 76.3 Å². The van der Waals surface area contributed by atoms with Gasteiger partial charge in [0, 0.05) is 26.2 Å². The highest BCUT2D eigenvalue weighted by atomic mass is 16.5. The smallest absolute Gasteiger partial charge is 0.151 e. The van der Waals surface area contributed by atoms with E-state index < -0.39 is 0 Å². The van der Waals surface area contributed by atoms with Gasteiger partial charge in [0.2, 0.25) is 0 Å². The van der Waals surface area contributed by atoms with Crippen LogP contribution in [0.2, 0.25) is 0 Å². The maximum Gasteiger partial charge on any atom is 0.151 e. The first-order chi connectivity index (χ1) is 7.90. The molecule has 0 bridgehead atoms. The van der Waals surface area contributed by atoms with Gasteiger partial charge in [-0.2, -0.15) is 0 Å². The summed E-state index contributed by atoms with van der Waals surface area (Å²) < 4.78 is 5.28. The quantitative estimate of drug-likeness (QED) is 0.729. The molecule has 0 radical (unpaired) electrons. The van der Waals surface area contributed by atoms with E-state index in [1.165, 1.54) is 0 Å². The highest BCUT2D eigenvalue weighted by Gasteiger charge is 2.12. The Balaban J connectivity index is 1.95. The lowest BCUT2D eigenvalue weighted by Crippen LogP contribution is -2.36. The third-order valence-electron chi connectivity index (χ3n) is 2.44. The molecule has 1 saturated heterocycles. The molecular formula is C10H17N5O. The fourth-order valence-electron chi connectivity index (χ4n) is 1.58. The predicted octanol–water partition coefficient (Wildman–Crippen LogP) is -0.316. The van der Waals surface area contributed by atoms with Gasteiger partial charge in [0.1, 0.15) is 5.82 Å². The molecule has 1 fully saturated rings. The molecule has 0 unspecified atom stereocenters. The van der Waals surface area contributed by atoms with Crippen molar-refractivity contribution in [1.82, 2.24) is 10.2 Å². The van der Waals surface area contributed by atoms with Crippen molar-refractivity contribution in [2.45, 2.75) is 0 Å². The van der Waals surface area contributed by atoms with Gasteiger partial charge in [0.05, 0.1) is 13.2 Å². The van der Waals surface area contributed by atoms with E-state index in [1.54, 1.807) is 0 Å². The molecule has 0 aromatic carbocycles. The predicted molar refractivity (Wildman–Crippen MR) is 62.6 cm³/mol. The van der Waals surface area contributed by atoms with Crippen LogP contribution < -0.4 is 16.0 Å². The summed E-state index contributed by atoms with van der Waals surface area (Å²) >= 11 is 0. The van der Waals surface area contributed by atoms with Gasteiger partial charge in [-0.1, -0.05) is 0 Å². The number of rotatable bonds is 4. The lowest BCUT2D eigenvalue weighted by atomic mass is 10.4. The van der Waals surface area contributed by atoms with Gasteiger partial charge < -0.3 is 20.7 Å². The van der Waals surface area contributed by atoms with Crippen molar-refractivity contribution in [3.8, 4) is 0 Å². The molecule has 6 nitrogen and oxygen atoms in total. The minimum absolute atomic E-state index is 0.590. The molecule has 2 rings (SSSR count). The van der Waals surface area contributed by atoms with E-state index >= 15 is 0 Å². The molecule has 1 aliphatic heterocycles. The highest BCUT2D eigenvalue weighted by molar-refractivity contribution is 5.43. The molecule has 88 valence electrons. The zero-order valence-corrected chi connectivity index (χ0v) is 9.22. The number of hydrogen-bond donors (Lipinski definition) is 2. The van der Waals surface area contributed by atoms with Crippen LogP contribution >= 0.6 is 0 Å². The van der Waals surface area contributed by atoms with Crippen LogP contribution in [0.4, 0.5) is 11.6 Å². The maximum atomic E-state index is 5.39. The third-order valence-corrected chi connectivity index (χ3v) is 2.44. The van der Waals surface area contributed by atoms with Crippen LogP contribution in [0.15, 0.2) is 12.1 Å². The van der Waals surface area contributed by atoms with E-state index in [1.807, 2.05) is 12.1 Å². The second-order valence-corrected chi connectivity index (χ2v) is 3.59. The lowest BCUT2D eigenvalue weighted by Gasteiger charge is -2.27. The van der Waals surface area contributed by atoms with Crippen LogP contribution in [0.1, 0.15) is 0 Å². The summed E-state index contributed by atoms with van der Waals surface area (Å²) in [6, 6.07) is 3.89. The molecular weight excluding hydrogens is 206 g/mol. The average Bonchev–Trinajstić information content (AvgIpc) is 2.38. The summed E-state index contributed by atoms with van der Waals surface area (Å²) in [5, 5.41) is 11.3. The first-order valence-corrected chi connectivity index (χ1v) is 5.50. The Morgan fingerprint density at radius 2 is 2.12 bits per heavy atom. The Kier molecular flexibility index (Phi) is 3.90. The molecule has 3 N–H and O–H groups in total. The van der Waals surface area contributed by atoms with E-state index in [0.29, 0.717) is 13.1 Å². The minimum atomic E-state index is 0.590. The van der Waals surface area contributed by atoms with Gasteiger partial charge in [-0.25, -0.2) is 0 Å². The number of nitrogens with one attached hydrogen (secondary N) is 1. The van der Waals surface area contributed by atoms with E-state index in [2.05, 4.69) is 20.4 Å². The number of hydrogen-bond acceptors (Lipinski definition) is 6. The standard InChI is InChI=1S/C10H17N5O/c11-3-4-12-9-1-2-10(14-13-9)15-5-7-16-8-6-15/h1-2H,3-8,11H2,(H,12,13). The first-order valence-electron chi connectivity index (χ1n) is 5.50. The van der Waals surface area contributed by atoms with Gasteiger partial charge >= 0.3 is 0 Å². The lowest BCUT2D eigenvalue weighted by molar-refractivity contribution is 0.122. The van der Waals surface area contributed by atoms with Crippen LogP contribution in [-0.2, 0) is 4.74 Å². The van der Waals surface area contributed by atoms with Gasteiger partial charge in [0.15, 0.2) is 5.82 Å². The summed E-state index contributed by atoms with van der Waals surface area (Å²) in [6.45, 7) is 4.58. The van der Waals surface area contributed by atoms with Crippen molar-refractivity contribution in [1.29, 1.82) is 0 Å². The Morgan fingerprint density at radius 1 is 1.31 bits per heavy atom. The molecule has 1 aliphatic rings. The third kappa shape index (κ3) is 2.80. The summed E-state index contributed by atoms with van der Waals surface area (Å²) in [5.74, 6) is 1.67. The van der Waals surface area contributed by atoms with Crippen molar-refractivity contribution in [3.05, 3.63) is 12.1 Å². The summed E-state index contributed by atoms with van der Waals surface area (Å²) in [6.07, 6.45) is 0. The highest BCUT2D eigenvalue weighted by Crippen LogP contribution is 2.12. The van der Waals surface area contributed by atoms with E-state index in [-0.39, 0.29) is 0 Å². The number of anilines is 2. The van der Waals surface area contributed by atoms with Crippen molar-refractivity contribution in [3.63, 3.8) is 0 Å². The number of aromatic nitrogens is 2. The van der Waals surface area contributed by atoms with Gasteiger partial charge in [-0.05, 0) is 12.1 Å². The van der Waals surface area contributed by atoms with E-state index in [9.17, 15) is 0 Å². The molecule has 0 atom stereocenters. The molecule has 0 amide bonds. The molecule has 1 aromatic rings. The fourth-order valence-corrected chi connectivity index (χ4v) is 1.58. The number of nitrogens with two attached hydrogens (primary N) is 1. The molecule has 0 saturated carbocycles. The fraction of sp³-hybridized carbons (Fsp3) is 0.600. The number of ether oxygens (including phenoxy) is 1. The minimum Gasteiger partial charge on any atom is -0.378 e. The SMILES string of the molecule is NCCNc1ccc(N2CCOCC2)nn1. The van der Waals surface area contributed by atoms with E-state index in [4.69, 9.17) is 10.5 Å². The van der Waals surface area contributed by atoms with Crippen LogP contribution in [0.5, 0.6) is 0 Å². The molecule has 1 aromatic heterocycles. The van der Waals surface area contributed by atoms with Crippen LogP contribution in [0.3, 0.4) is 0 Å². The zero-order chi connectivity index (χ0) is 11.2.